The Balaban J connectivity index is 2.19. The summed E-state index contributed by atoms with van der Waals surface area (Å²) >= 11 is 17.1. The van der Waals surface area contributed by atoms with Gasteiger partial charge < -0.3 is 5.73 Å². The molecule has 0 fully saturated rings. The highest BCUT2D eigenvalue weighted by Crippen LogP contribution is 2.34. The number of rotatable bonds is 4. The zero-order valence-electron chi connectivity index (χ0n) is 10.00. The molecule has 2 N–H and O–H groups in total. The minimum atomic E-state index is 0.575. The predicted octanol–water partition coefficient (Wildman–Crippen LogP) is 5.41. The maximum atomic E-state index is 6.01. The zero-order chi connectivity index (χ0) is 13.8. The lowest BCUT2D eigenvalue weighted by atomic mass is 10.1. The Bertz CT molecular complexity index is 590. The number of nitrogens with two attached hydrogens (primary N) is 1. The summed E-state index contributed by atoms with van der Waals surface area (Å²) in [5.41, 5.74) is 6.79. The third kappa shape index (κ3) is 4.14. The van der Waals surface area contributed by atoms with Crippen LogP contribution in [0.3, 0.4) is 0 Å². The van der Waals surface area contributed by atoms with Crippen molar-refractivity contribution in [3.63, 3.8) is 0 Å². The fourth-order valence-corrected chi connectivity index (χ4v) is 3.62. The summed E-state index contributed by atoms with van der Waals surface area (Å²) in [6.07, 6.45) is 0.873. The van der Waals surface area contributed by atoms with Crippen LogP contribution in [0, 0.1) is 0 Å². The van der Waals surface area contributed by atoms with E-state index in [-0.39, 0.29) is 0 Å². The maximum absolute atomic E-state index is 6.01. The van der Waals surface area contributed by atoms with E-state index in [1.807, 2.05) is 18.2 Å². The summed E-state index contributed by atoms with van der Waals surface area (Å²) in [4.78, 5) is 2.21. The van der Waals surface area contributed by atoms with Gasteiger partial charge in [0, 0.05) is 14.3 Å². The minimum absolute atomic E-state index is 0.575. The van der Waals surface area contributed by atoms with Gasteiger partial charge in [-0.05, 0) is 48.9 Å². The molecule has 0 amide bonds. The third-order valence-corrected chi connectivity index (χ3v) is 5.02. The molecule has 0 unspecified atom stereocenters. The topological polar surface area (TPSA) is 26.0 Å². The van der Waals surface area contributed by atoms with E-state index in [1.54, 1.807) is 11.8 Å². The molecule has 0 radical (unpaired) electrons. The van der Waals surface area contributed by atoms with Gasteiger partial charge in [0.2, 0.25) is 0 Å². The van der Waals surface area contributed by atoms with E-state index in [0.29, 0.717) is 16.6 Å². The van der Waals surface area contributed by atoms with Crippen LogP contribution in [-0.4, -0.2) is 6.54 Å². The van der Waals surface area contributed by atoms with Gasteiger partial charge in [-0.2, -0.15) is 0 Å². The van der Waals surface area contributed by atoms with Crippen molar-refractivity contribution in [2.45, 2.75) is 16.2 Å². The second kappa shape index (κ2) is 7.00. The molecule has 0 heterocycles. The van der Waals surface area contributed by atoms with Crippen molar-refractivity contribution in [2.24, 2.45) is 5.73 Å². The van der Waals surface area contributed by atoms with Gasteiger partial charge in [-0.25, -0.2) is 0 Å². The molecule has 0 aliphatic rings. The summed E-state index contributed by atoms with van der Waals surface area (Å²) < 4.78 is 1.09. The van der Waals surface area contributed by atoms with Gasteiger partial charge in [-0.3, -0.25) is 0 Å². The Morgan fingerprint density at radius 3 is 2.32 bits per heavy atom. The molecule has 2 rings (SSSR count). The SMILES string of the molecule is NCCc1ccc(Sc2ccc(Cl)c(Cl)c2)cc1Br. The Kier molecular flexibility index (Phi) is 5.60. The standard InChI is InChI=1S/C14H12BrCl2NS/c15-12-7-10(2-1-9(12)5-6-18)19-11-3-4-13(16)14(17)8-11/h1-4,7-8H,5-6,18H2. The van der Waals surface area contributed by atoms with E-state index in [4.69, 9.17) is 28.9 Å². The van der Waals surface area contributed by atoms with Gasteiger partial charge >= 0.3 is 0 Å². The van der Waals surface area contributed by atoms with E-state index in [9.17, 15) is 0 Å². The van der Waals surface area contributed by atoms with Gasteiger partial charge in [0.1, 0.15) is 0 Å². The monoisotopic (exact) mass is 375 g/mol. The van der Waals surface area contributed by atoms with Crippen molar-refractivity contribution >= 4 is 50.9 Å². The average molecular weight is 377 g/mol. The van der Waals surface area contributed by atoms with E-state index < -0.39 is 0 Å². The molecule has 0 aliphatic carbocycles. The summed E-state index contributed by atoms with van der Waals surface area (Å²) in [5, 5.41) is 1.15. The van der Waals surface area contributed by atoms with E-state index in [2.05, 4.69) is 34.1 Å². The first-order chi connectivity index (χ1) is 9.10. The van der Waals surface area contributed by atoms with Crippen LogP contribution in [-0.2, 0) is 6.42 Å². The Morgan fingerprint density at radius 2 is 1.68 bits per heavy atom. The maximum Gasteiger partial charge on any atom is 0.0603 e. The molecule has 0 saturated heterocycles. The second-order valence-corrected chi connectivity index (χ2v) is 6.79. The molecule has 2 aromatic carbocycles. The fraction of sp³-hybridized carbons (Fsp3) is 0.143. The van der Waals surface area contributed by atoms with Gasteiger partial charge in [-0.1, -0.05) is 57.0 Å². The highest BCUT2D eigenvalue weighted by atomic mass is 79.9. The number of hydrogen-bond acceptors (Lipinski definition) is 2. The molecular weight excluding hydrogens is 365 g/mol. The summed E-state index contributed by atoms with van der Waals surface area (Å²) in [7, 11) is 0. The summed E-state index contributed by atoms with van der Waals surface area (Å²) in [6, 6.07) is 11.9. The number of halogens is 3. The molecule has 0 saturated carbocycles. The van der Waals surface area contributed by atoms with Gasteiger partial charge in [0.15, 0.2) is 0 Å². The highest BCUT2D eigenvalue weighted by molar-refractivity contribution is 9.10. The lowest BCUT2D eigenvalue weighted by Gasteiger charge is -2.07. The van der Waals surface area contributed by atoms with E-state index in [1.165, 1.54) is 5.56 Å². The molecule has 1 nitrogen and oxygen atoms in total. The Hall–Kier alpha value is -0.190. The highest BCUT2D eigenvalue weighted by Gasteiger charge is 2.04. The van der Waals surface area contributed by atoms with Crippen LogP contribution in [0.25, 0.3) is 0 Å². The molecule has 5 heteroatoms. The van der Waals surface area contributed by atoms with E-state index in [0.717, 1.165) is 20.7 Å². The average Bonchev–Trinajstić information content (AvgIpc) is 2.37. The fourth-order valence-electron chi connectivity index (χ4n) is 1.63. The van der Waals surface area contributed by atoms with Gasteiger partial charge in [0.25, 0.3) is 0 Å². The van der Waals surface area contributed by atoms with Crippen molar-refractivity contribution in [2.75, 3.05) is 6.54 Å². The van der Waals surface area contributed by atoms with Crippen molar-refractivity contribution in [3.05, 3.63) is 56.5 Å². The van der Waals surface area contributed by atoms with Gasteiger partial charge in [-0.15, -0.1) is 0 Å². The molecule has 2 aromatic rings. The van der Waals surface area contributed by atoms with Crippen molar-refractivity contribution < 1.29 is 0 Å². The summed E-state index contributed by atoms with van der Waals surface area (Å²) in [6.45, 7) is 0.651. The smallest absolute Gasteiger partial charge is 0.0603 e. The predicted molar refractivity (Wildman–Crippen MR) is 87.5 cm³/mol. The molecular formula is C14H12BrCl2NS. The quantitative estimate of drug-likeness (QED) is 0.771. The lowest BCUT2D eigenvalue weighted by Crippen LogP contribution is -2.03. The Labute approximate surface area is 135 Å². The van der Waals surface area contributed by atoms with Crippen LogP contribution in [0.1, 0.15) is 5.56 Å². The molecule has 100 valence electrons. The molecule has 19 heavy (non-hydrogen) atoms. The van der Waals surface area contributed by atoms with Crippen molar-refractivity contribution in [1.82, 2.24) is 0 Å². The second-order valence-electron chi connectivity index (χ2n) is 3.97. The first-order valence-electron chi connectivity index (χ1n) is 5.71. The first-order valence-corrected chi connectivity index (χ1v) is 8.08. The number of benzene rings is 2. The van der Waals surface area contributed by atoms with Gasteiger partial charge in [0.05, 0.1) is 10.0 Å². The summed E-state index contributed by atoms with van der Waals surface area (Å²) in [5.74, 6) is 0. The van der Waals surface area contributed by atoms with Crippen LogP contribution in [0.2, 0.25) is 10.0 Å². The first kappa shape index (κ1) is 15.2. The minimum Gasteiger partial charge on any atom is -0.330 e. The Morgan fingerprint density at radius 1 is 1.00 bits per heavy atom. The molecule has 0 spiro atoms. The van der Waals surface area contributed by atoms with Crippen molar-refractivity contribution in [3.8, 4) is 0 Å². The molecule has 0 bridgehead atoms. The molecule has 0 aliphatic heterocycles. The number of hydrogen-bond donors (Lipinski definition) is 1. The van der Waals surface area contributed by atoms with Crippen LogP contribution in [0.5, 0.6) is 0 Å². The molecule has 0 atom stereocenters. The van der Waals surface area contributed by atoms with Crippen LogP contribution in [0.4, 0.5) is 0 Å². The zero-order valence-corrected chi connectivity index (χ0v) is 13.9. The molecule has 0 aromatic heterocycles. The van der Waals surface area contributed by atoms with Crippen molar-refractivity contribution in [1.29, 1.82) is 0 Å². The largest absolute Gasteiger partial charge is 0.330 e. The third-order valence-electron chi connectivity index (χ3n) is 2.56. The van der Waals surface area contributed by atoms with Crippen LogP contribution < -0.4 is 5.73 Å². The van der Waals surface area contributed by atoms with Crippen LogP contribution >= 0.6 is 50.9 Å². The lowest BCUT2D eigenvalue weighted by molar-refractivity contribution is 0.960. The van der Waals surface area contributed by atoms with E-state index >= 15 is 0 Å². The van der Waals surface area contributed by atoms with Crippen LogP contribution in [0.15, 0.2) is 50.7 Å². The normalized spacial score (nSPS) is 10.7.